The van der Waals surface area contributed by atoms with Gasteiger partial charge in [-0.15, -0.1) is 0 Å². The second-order valence-corrected chi connectivity index (χ2v) is 7.54. The van der Waals surface area contributed by atoms with Gasteiger partial charge in [0.05, 0.1) is 19.4 Å². The maximum absolute atomic E-state index is 12.7. The fourth-order valence-corrected chi connectivity index (χ4v) is 3.67. The SMILES string of the molecule is COc1ccc(C(CNC(=O)C2CCN(C(=O)c3ccco3)CC2)N(C)C)cc1. The van der Waals surface area contributed by atoms with Crippen LogP contribution in [0.3, 0.4) is 0 Å². The van der Waals surface area contributed by atoms with E-state index in [2.05, 4.69) is 10.2 Å². The number of rotatable bonds is 7. The first-order valence-corrected chi connectivity index (χ1v) is 9.90. The van der Waals surface area contributed by atoms with E-state index in [-0.39, 0.29) is 23.8 Å². The van der Waals surface area contributed by atoms with Gasteiger partial charge in [0.2, 0.25) is 5.91 Å². The highest BCUT2D eigenvalue weighted by molar-refractivity contribution is 5.91. The quantitative estimate of drug-likeness (QED) is 0.775. The lowest BCUT2D eigenvalue weighted by Crippen LogP contribution is -2.44. The molecule has 2 heterocycles. The molecular weight excluding hydrogens is 370 g/mol. The molecule has 2 aromatic rings. The molecule has 29 heavy (non-hydrogen) atoms. The van der Waals surface area contributed by atoms with Crippen molar-refractivity contribution in [2.24, 2.45) is 5.92 Å². The summed E-state index contributed by atoms with van der Waals surface area (Å²) in [5.41, 5.74) is 1.12. The van der Waals surface area contributed by atoms with E-state index in [1.807, 2.05) is 38.4 Å². The second-order valence-electron chi connectivity index (χ2n) is 7.54. The highest BCUT2D eigenvalue weighted by Gasteiger charge is 2.29. The molecule has 3 rings (SSSR count). The Labute approximate surface area is 171 Å². The fourth-order valence-electron chi connectivity index (χ4n) is 3.67. The third-order valence-corrected chi connectivity index (χ3v) is 5.48. The molecule has 1 aromatic heterocycles. The predicted octanol–water partition coefficient (Wildman–Crippen LogP) is 2.56. The Kier molecular flexibility index (Phi) is 6.93. The number of piperidine rings is 1. The minimum Gasteiger partial charge on any atom is -0.497 e. The Morgan fingerprint density at radius 1 is 1.21 bits per heavy atom. The molecule has 0 radical (unpaired) electrons. The molecular formula is C22H29N3O4. The zero-order valence-electron chi connectivity index (χ0n) is 17.3. The van der Waals surface area contributed by atoms with E-state index in [0.717, 1.165) is 11.3 Å². The van der Waals surface area contributed by atoms with Gasteiger partial charge >= 0.3 is 0 Å². The van der Waals surface area contributed by atoms with E-state index in [4.69, 9.17) is 9.15 Å². The summed E-state index contributed by atoms with van der Waals surface area (Å²) in [6.45, 7) is 1.66. The van der Waals surface area contributed by atoms with E-state index in [1.165, 1.54) is 6.26 Å². The lowest BCUT2D eigenvalue weighted by molar-refractivity contribution is -0.126. The first-order chi connectivity index (χ1) is 14.0. The number of likely N-dealkylation sites (tertiary alicyclic amines) is 1. The molecule has 7 heteroatoms. The number of nitrogens with one attached hydrogen (secondary N) is 1. The number of hydrogen-bond acceptors (Lipinski definition) is 5. The molecule has 2 amide bonds. The van der Waals surface area contributed by atoms with Gasteiger partial charge in [0, 0.05) is 25.6 Å². The summed E-state index contributed by atoms with van der Waals surface area (Å²) in [6.07, 6.45) is 2.82. The molecule has 1 aromatic carbocycles. The minimum atomic E-state index is -0.110. The van der Waals surface area contributed by atoms with Crippen molar-refractivity contribution < 1.29 is 18.7 Å². The number of ether oxygens (including phenoxy) is 1. The van der Waals surface area contributed by atoms with Gasteiger partial charge in [0.25, 0.3) is 5.91 Å². The van der Waals surface area contributed by atoms with Crippen molar-refractivity contribution in [1.29, 1.82) is 0 Å². The van der Waals surface area contributed by atoms with E-state index in [9.17, 15) is 9.59 Å². The highest BCUT2D eigenvalue weighted by Crippen LogP contribution is 2.22. The number of furan rings is 1. The van der Waals surface area contributed by atoms with Crippen molar-refractivity contribution in [2.45, 2.75) is 18.9 Å². The van der Waals surface area contributed by atoms with Gasteiger partial charge in [0.15, 0.2) is 5.76 Å². The topological polar surface area (TPSA) is 75.0 Å². The molecule has 0 aliphatic carbocycles. The largest absolute Gasteiger partial charge is 0.497 e. The Hall–Kier alpha value is -2.80. The molecule has 1 fully saturated rings. The molecule has 1 N–H and O–H groups in total. The van der Waals surface area contributed by atoms with Crippen LogP contribution in [0, 0.1) is 5.92 Å². The standard InChI is InChI=1S/C22H29N3O4/c1-24(2)19(16-6-8-18(28-3)9-7-16)15-23-21(26)17-10-12-25(13-11-17)22(27)20-5-4-14-29-20/h4-9,14,17,19H,10-13,15H2,1-3H3,(H,23,26). The van der Waals surface area contributed by atoms with Crippen LogP contribution < -0.4 is 10.1 Å². The predicted molar refractivity (Wildman–Crippen MR) is 110 cm³/mol. The monoisotopic (exact) mass is 399 g/mol. The summed E-state index contributed by atoms with van der Waals surface area (Å²) in [7, 11) is 5.64. The number of hydrogen-bond donors (Lipinski definition) is 1. The molecule has 156 valence electrons. The van der Waals surface area contributed by atoms with Crippen LogP contribution in [-0.2, 0) is 4.79 Å². The Morgan fingerprint density at radius 2 is 1.90 bits per heavy atom. The fraction of sp³-hybridized carbons (Fsp3) is 0.455. The lowest BCUT2D eigenvalue weighted by Gasteiger charge is -2.31. The van der Waals surface area contributed by atoms with Gasteiger partial charge < -0.3 is 24.3 Å². The minimum absolute atomic E-state index is 0.0514. The first-order valence-electron chi connectivity index (χ1n) is 9.90. The third kappa shape index (κ3) is 5.17. The number of carbonyl (C=O) groups excluding carboxylic acids is 2. The molecule has 1 aliphatic heterocycles. The maximum Gasteiger partial charge on any atom is 0.289 e. The number of carbonyl (C=O) groups is 2. The van der Waals surface area contributed by atoms with Crippen molar-refractivity contribution in [3.8, 4) is 5.75 Å². The summed E-state index contributed by atoms with van der Waals surface area (Å²) < 4.78 is 10.4. The Bertz CT molecular complexity index is 794. The van der Waals surface area contributed by atoms with Gasteiger partial charge in [-0.05, 0) is 56.8 Å². The highest BCUT2D eigenvalue weighted by atomic mass is 16.5. The number of methoxy groups -OCH3 is 1. The van der Waals surface area contributed by atoms with Crippen molar-refractivity contribution in [1.82, 2.24) is 15.1 Å². The first kappa shape index (κ1) is 20.9. The van der Waals surface area contributed by atoms with Crippen molar-refractivity contribution in [2.75, 3.05) is 40.8 Å². The second kappa shape index (κ2) is 9.60. The maximum atomic E-state index is 12.7. The van der Waals surface area contributed by atoms with Gasteiger partial charge in [0.1, 0.15) is 5.75 Å². The molecule has 0 spiro atoms. The van der Waals surface area contributed by atoms with Crippen LogP contribution in [0.25, 0.3) is 0 Å². The molecule has 1 aliphatic rings. The third-order valence-electron chi connectivity index (χ3n) is 5.48. The number of amides is 2. The molecule has 1 saturated heterocycles. The van der Waals surface area contributed by atoms with Crippen LogP contribution in [0.15, 0.2) is 47.1 Å². The van der Waals surface area contributed by atoms with Crippen LogP contribution >= 0.6 is 0 Å². The van der Waals surface area contributed by atoms with E-state index in [1.54, 1.807) is 24.1 Å². The number of likely N-dealkylation sites (N-methyl/N-ethyl adjacent to an activating group) is 1. The van der Waals surface area contributed by atoms with Crippen molar-refractivity contribution >= 4 is 11.8 Å². The van der Waals surface area contributed by atoms with E-state index in [0.29, 0.717) is 38.2 Å². The van der Waals surface area contributed by atoms with Crippen molar-refractivity contribution in [3.63, 3.8) is 0 Å². The van der Waals surface area contributed by atoms with Gasteiger partial charge in [-0.3, -0.25) is 9.59 Å². The average Bonchev–Trinajstić information content (AvgIpc) is 3.28. The molecule has 0 bridgehead atoms. The lowest BCUT2D eigenvalue weighted by atomic mass is 9.95. The number of benzene rings is 1. The Morgan fingerprint density at radius 3 is 2.45 bits per heavy atom. The van der Waals surface area contributed by atoms with Crippen LogP contribution in [-0.4, -0.2) is 62.5 Å². The normalized spacial score (nSPS) is 15.9. The summed E-state index contributed by atoms with van der Waals surface area (Å²) >= 11 is 0. The van der Waals surface area contributed by atoms with Crippen LogP contribution in [0.2, 0.25) is 0 Å². The zero-order valence-corrected chi connectivity index (χ0v) is 17.3. The zero-order chi connectivity index (χ0) is 20.8. The van der Waals surface area contributed by atoms with Crippen molar-refractivity contribution in [3.05, 3.63) is 54.0 Å². The smallest absolute Gasteiger partial charge is 0.289 e. The molecule has 7 nitrogen and oxygen atoms in total. The van der Waals surface area contributed by atoms with E-state index < -0.39 is 0 Å². The van der Waals surface area contributed by atoms with Crippen LogP contribution in [0.5, 0.6) is 5.75 Å². The summed E-state index contributed by atoms with van der Waals surface area (Å²) in [6, 6.07) is 11.4. The van der Waals surface area contributed by atoms with Crippen LogP contribution in [0.4, 0.5) is 0 Å². The molecule has 0 saturated carbocycles. The summed E-state index contributed by atoms with van der Waals surface area (Å²) in [5, 5.41) is 3.10. The van der Waals surface area contributed by atoms with Crippen LogP contribution in [0.1, 0.15) is 35.0 Å². The average molecular weight is 399 g/mol. The molecule has 1 atom stereocenters. The summed E-state index contributed by atoms with van der Waals surface area (Å²) in [5.74, 6) is 1.03. The molecule has 1 unspecified atom stereocenters. The summed E-state index contributed by atoms with van der Waals surface area (Å²) in [4.78, 5) is 28.9. The number of nitrogens with zero attached hydrogens (tertiary/aromatic N) is 2. The van der Waals surface area contributed by atoms with Gasteiger partial charge in [-0.2, -0.15) is 0 Å². The van der Waals surface area contributed by atoms with Gasteiger partial charge in [-0.25, -0.2) is 0 Å². The Balaban J connectivity index is 1.51. The van der Waals surface area contributed by atoms with Gasteiger partial charge in [-0.1, -0.05) is 12.1 Å². The van der Waals surface area contributed by atoms with E-state index >= 15 is 0 Å².